The molecule has 1 rings (SSSR count). The van der Waals surface area contributed by atoms with Crippen LogP contribution in [-0.4, -0.2) is 39.8 Å². The molecule has 0 radical (unpaired) electrons. The van der Waals surface area contributed by atoms with Crippen LogP contribution in [-0.2, 0) is 16.4 Å². The standard InChI is InChI=1S/C14H23N3O3S/c1-12(8-9-13-6-4-3-5-7-13)17-14(18)15-10-11-16-21(2,19)20/h3-7,12,16H,8-11H2,1-2H3,(H2,15,17,18)/t12-/m1/s1. The molecule has 1 aromatic rings. The third kappa shape index (κ3) is 9.04. The maximum Gasteiger partial charge on any atom is 0.315 e. The highest BCUT2D eigenvalue weighted by Crippen LogP contribution is 2.04. The highest BCUT2D eigenvalue weighted by atomic mass is 32.2. The van der Waals surface area contributed by atoms with Gasteiger partial charge in [0.1, 0.15) is 0 Å². The molecule has 1 atom stereocenters. The average molecular weight is 313 g/mol. The van der Waals surface area contributed by atoms with E-state index in [0.29, 0.717) is 0 Å². The van der Waals surface area contributed by atoms with Crippen molar-refractivity contribution in [2.24, 2.45) is 0 Å². The summed E-state index contributed by atoms with van der Waals surface area (Å²) >= 11 is 0. The molecule has 0 aliphatic heterocycles. The minimum Gasteiger partial charge on any atom is -0.337 e. The molecule has 0 heterocycles. The van der Waals surface area contributed by atoms with Crippen LogP contribution in [0, 0.1) is 0 Å². The minimum absolute atomic E-state index is 0.0491. The van der Waals surface area contributed by atoms with Gasteiger partial charge in [-0.15, -0.1) is 0 Å². The van der Waals surface area contributed by atoms with Gasteiger partial charge < -0.3 is 10.6 Å². The van der Waals surface area contributed by atoms with E-state index < -0.39 is 10.0 Å². The molecule has 7 heteroatoms. The van der Waals surface area contributed by atoms with Gasteiger partial charge >= 0.3 is 6.03 Å². The van der Waals surface area contributed by atoms with Gasteiger partial charge in [-0.25, -0.2) is 17.9 Å². The van der Waals surface area contributed by atoms with Gasteiger partial charge in [-0.05, 0) is 25.3 Å². The minimum atomic E-state index is -3.21. The first-order valence-corrected chi connectivity index (χ1v) is 8.79. The van der Waals surface area contributed by atoms with E-state index in [0.717, 1.165) is 19.1 Å². The molecule has 0 aliphatic rings. The number of nitrogens with one attached hydrogen (secondary N) is 3. The fourth-order valence-electron chi connectivity index (χ4n) is 1.79. The fraction of sp³-hybridized carbons (Fsp3) is 0.500. The first-order valence-electron chi connectivity index (χ1n) is 6.90. The molecule has 0 aromatic heterocycles. The van der Waals surface area contributed by atoms with Gasteiger partial charge in [0.05, 0.1) is 6.26 Å². The molecular formula is C14H23N3O3S. The summed E-state index contributed by atoms with van der Waals surface area (Å²) in [5.41, 5.74) is 1.24. The highest BCUT2D eigenvalue weighted by molar-refractivity contribution is 7.88. The lowest BCUT2D eigenvalue weighted by Gasteiger charge is -2.14. The highest BCUT2D eigenvalue weighted by Gasteiger charge is 2.07. The van der Waals surface area contributed by atoms with Crippen molar-refractivity contribution in [3.63, 3.8) is 0 Å². The number of hydrogen-bond donors (Lipinski definition) is 3. The smallest absolute Gasteiger partial charge is 0.315 e. The molecule has 0 unspecified atom stereocenters. The van der Waals surface area contributed by atoms with E-state index in [4.69, 9.17) is 0 Å². The maximum absolute atomic E-state index is 11.6. The number of urea groups is 1. The van der Waals surface area contributed by atoms with Gasteiger partial charge in [0.2, 0.25) is 10.0 Å². The first kappa shape index (κ1) is 17.5. The SMILES string of the molecule is C[C@H](CCc1ccccc1)NC(=O)NCCNS(C)(=O)=O. The molecule has 0 aliphatic carbocycles. The second kappa shape index (κ2) is 8.63. The van der Waals surface area contributed by atoms with Crippen molar-refractivity contribution in [1.29, 1.82) is 0 Å². The molecule has 0 fully saturated rings. The zero-order valence-electron chi connectivity index (χ0n) is 12.4. The van der Waals surface area contributed by atoms with Crippen LogP contribution in [0.15, 0.2) is 30.3 Å². The van der Waals surface area contributed by atoms with Crippen molar-refractivity contribution in [1.82, 2.24) is 15.4 Å². The van der Waals surface area contributed by atoms with Crippen LogP contribution in [0.25, 0.3) is 0 Å². The average Bonchev–Trinajstić information content (AvgIpc) is 2.41. The van der Waals surface area contributed by atoms with Gasteiger partial charge in [0.25, 0.3) is 0 Å². The second-order valence-corrected chi connectivity index (χ2v) is 6.83. The number of sulfonamides is 1. The van der Waals surface area contributed by atoms with Gasteiger partial charge in [0, 0.05) is 19.1 Å². The van der Waals surface area contributed by atoms with Gasteiger partial charge in [-0.1, -0.05) is 30.3 Å². The van der Waals surface area contributed by atoms with E-state index in [2.05, 4.69) is 27.5 Å². The molecule has 0 saturated heterocycles. The van der Waals surface area contributed by atoms with E-state index in [9.17, 15) is 13.2 Å². The van der Waals surface area contributed by atoms with E-state index in [1.807, 2.05) is 25.1 Å². The lowest BCUT2D eigenvalue weighted by Crippen LogP contribution is -2.43. The number of benzene rings is 1. The zero-order chi connectivity index (χ0) is 15.7. The predicted molar refractivity (Wildman–Crippen MR) is 83.6 cm³/mol. The van der Waals surface area contributed by atoms with Crippen LogP contribution in [0.5, 0.6) is 0 Å². The van der Waals surface area contributed by atoms with E-state index in [1.165, 1.54) is 5.56 Å². The monoisotopic (exact) mass is 313 g/mol. The van der Waals surface area contributed by atoms with Crippen LogP contribution in [0.3, 0.4) is 0 Å². The van der Waals surface area contributed by atoms with Crippen LogP contribution >= 0.6 is 0 Å². The van der Waals surface area contributed by atoms with Crippen LogP contribution in [0.1, 0.15) is 18.9 Å². The fourth-order valence-corrected chi connectivity index (χ4v) is 2.26. The van der Waals surface area contributed by atoms with Crippen LogP contribution in [0.2, 0.25) is 0 Å². The summed E-state index contributed by atoms with van der Waals surface area (Å²) in [5.74, 6) is 0. The molecule has 1 aromatic carbocycles. The first-order chi connectivity index (χ1) is 9.87. The van der Waals surface area contributed by atoms with Gasteiger partial charge in [-0.2, -0.15) is 0 Å². The number of aryl methyl sites for hydroxylation is 1. The van der Waals surface area contributed by atoms with E-state index in [-0.39, 0.29) is 25.2 Å². The summed E-state index contributed by atoms with van der Waals surface area (Å²) in [6.45, 7) is 2.38. The molecular weight excluding hydrogens is 290 g/mol. The van der Waals surface area contributed by atoms with Crippen molar-refractivity contribution in [2.75, 3.05) is 19.3 Å². The Morgan fingerprint density at radius 2 is 1.86 bits per heavy atom. The topological polar surface area (TPSA) is 87.3 Å². The molecule has 2 amide bonds. The summed E-state index contributed by atoms with van der Waals surface area (Å²) in [6, 6.07) is 9.85. The summed E-state index contributed by atoms with van der Waals surface area (Å²) in [5, 5.41) is 5.43. The predicted octanol–water partition coefficient (Wildman–Crippen LogP) is 0.856. The van der Waals surface area contributed by atoms with E-state index >= 15 is 0 Å². The third-order valence-electron chi connectivity index (χ3n) is 2.86. The third-order valence-corrected chi connectivity index (χ3v) is 3.59. The number of carbonyl (C=O) groups excluding carboxylic acids is 1. The Labute approximate surface area is 126 Å². The zero-order valence-corrected chi connectivity index (χ0v) is 13.2. The Balaban J connectivity index is 2.16. The molecule has 0 saturated carbocycles. The van der Waals surface area contributed by atoms with Crippen molar-refractivity contribution >= 4 is 16.1 Å². The number of amides is 2. The van der Waals surface area contributed by atoms with Gasteiger partial charge in [-0.3, -0.25) is 0 Å². The molecule has 118 valence electrons. The Kier molecular flexibility index (Phi) is 7.18. The van der Waals surface area contributed by atoms with E-state index in [1.54, 1.807) is 0 Å². The Morgan fingerprint density at radius 3 is 2.48 bits per heavy atom. The molecule has 3 N–H and O–H groups in total. The van der Waals surface area contributed by atoms with Crippen molar-refractivity contribution in [3.05, 3.63) is 35.9 Å². The second-order valence-electron chi connectivity index (χ2n) is 4.99. The van der Waals surface area contributed by atoms with Crippen molar-refractivity contribution in [3.8, 4) is 0 Å². The number of hydrogen-bond acceptors (Lipinski definition) is 3. The summed E-state index contributed by atoms with van der Waals surface area (Å²) in [7, 11) is -3.21. The largest absolute Gasteiger partial charge is 0.337 e. The summed E-state index contributed by atoms with van der Waals surface area (Å²) < 4.78 is 24.0. The van der Waals surface area contributed by atoms with Crippen molar-refractivity contribution < 1.29 is 13.2 Å². The number of rotatable bonds is 8. The maximum atomic E-state index is 11.6. The van der Waals surface area contributed by atoms with Crippen LogP contribution < -0.4 is 15.4 Å². The number of carbonyl (C=O) groups is 1. The molecule has 6 nitrogen and oxygen atoms in total. The van der Waals surface area contributed by atoms with Gasteiger partial charge in [0.15, 0.2) is 0 Å². The Bertz CT molecular complexity index is 532. The lowest BCUT2D eigenvalue weighted by molar-refractivity contribution is 0.237. The Hall–Kier alpha value is -1.60. The molecule has 0 spiro atoms. The molecule has 0 bridgehead atoms. The molecule has 21 heavy (non-hydrogen) atoms. The quantitative estimate of drug-likeness (QED) is 0.622. The summed E-state index contributed by atoms with van der Waals surface area (Å²) in [6.07, 6.45) is 2.83. The normalized spacial score (nSPS) is 12.7. The lowest BCUT2D eigenvalue weighted by atomic mass is 10.1. The van der Waals surface area contributed by atoms with Crippen molar-refractivity contribution in [2.45, 2.75) is 25.8 Å². The van der Waals surface area contributed by atoms with Crippen LogP contribution in [0.4, 0.5) is 4.79 Å². The Morgan fingerprint density at radius 1 is 1.19 bits per heavy atom. The summed E-state index contributed by atoms with van der Waals surface area (Å²) in [4.78, 5) is 11.6.